The van der Waals surface area contributed by atoms with E-state index in [9.17, 15) is 0 Å². The van der Waals surface area contributed by atoms with Crippen molar-refractivity contribution in [1.29, 1.82) is 0 Å². The first kappa shape index (κ1) is 14.8. The first-order chi connectivity index (χ1) is 9.76. The van der Waals surface area contributed by atoms with Gasteiger partial charge in [-0.05, 0) is 31.9 Å². The predicted octanol–water partition coefficient (Wildman–Crippen LogP) is 3.69. The van der Waals surface area contributed by atoms with Crippen LogP contribution in [0.15, 0.2) is 24.3 Å². The van der Waals surface area contributed by atoms with Crippen LogP contribution in [0.2, 0.25) is 0 Å². The van der Waals surface area contributed by atoms with Crippen molar-refractivity contribution in [3.8, 4) is 0 Å². The normalized spacial score (nSPS) is 10.6. The lowest BCUT2D eigenvalue weighted by Crippen LogP contribution is -2.23. The maximum Gasteiger partial charge on any atom is 0.135 e. The molecule has 0 aliphatic heterocycles. The Balaban J connectivity index is 2.15. The summed E-state index contributed by atoms with van der Waals surface area (Å²) in [6, 6.07) is 8.47. The zero-order chi connectivity index (χ0) is 14.4. The summed E-state index contributed by atoms with van der Waals surface area (Å²) in [5, 5.41) is 8.78. The van der Waals surface area contributed by atoms with Crippen LogP contribution >= 0.6 is 11.5 Å². The van der Waals surface area contributed by atoms with Crippen molar-refractivity contribution in [1.82, 2.24) is 9.59 Å². The maximum atomic E-state index is 4.28. The van der Waals surface area contributed by atoms with Gasteiger partial charge >= 0.3 is 0 Å². The van der Waals surface area contributed by atoms with Gasteiger partial charge in [0, 0.05) is 30.3 Å². The second kappa shape index (κ2) is 7.24. The summed E-state index contributed by atoms with van der Waals surface area (Å²) in [6.45, 7) is 9.19. The Hall–Kier alpha value is -1.62. The van der Waals surface area contributed by atoms with Crippen LogP contribution in [0, 0.1) is 6.92 Å². The molecule has 0 atom stereocenters. The summed E-state index contributed by atoms with van der Waals surface area (Å²) in [5.74, 6) is 0. The lowest BCUT2D eigenvalue weighted by atomic mass is 10.2. The van der Waals surface area contributed by atoms with Gasteiger partial charge in [-0.2, -0.15) is 0 Å². The third-order valence-corrected chi connectivity index (χ3v) is 4.00. The van der Waals surface area contributed by atoms with Crippen molar-refractivity contribution in [3.05, 3.63) is 35.5 Å². The predicted molar refractivity (Wildman–Crippen MR) is 86.6 cm³/mol. The second-order valence-corrected chi connectivity index (χ2v) is 5.53. The van der Waals surface area contributed by atoms with Crippen molar-refractivity contribution in [3.63, 3.8) is 0 Å². The van der Waals surface area contributed by atoms with Crippen molar-refractivity contribution in [2.75, 3.05) is 23.3 Å². The second-order valence-electron chi connectivity index (χ2n) is 4.78. The van der Waals surface area contributed by atoms with Crippen LogP contribution in [0.5, 0.6) is 0 Å². The van der Waals surface area contributed by atoms with Crippen LogP contribution in [0.3, 0.4) is 0 Å². The minimum absolute atomic E-state index is 0.796. The standard InChI is InChI=1S/C15H22N4S/c1-4-10-16-15-13(17-18-20-15)11-19(5-2)14-9-7-6-8-12(14)3/h6-9,16H,4-5,10-11H2,1-3H3. The minimum Gasteiger partial charge on any atom is -0.374 e. The number of hydrogen-bond donors (Lipinski definition) is 1. The first-order valence-electron chi connectivity index (χ1n) is 7.12. The molecule has 20 heavy (non-hydrogen) atoms. The van der Waals surface area contributed by atoms with Crippen LogP contribution in [-0.2, 0) is 6.54 Å². The van der Waals surface area contributed by atoms with Gasteiger partial charge in [0.2, 0.25) is 0 Å². The van der Waals surface area contributed by atoms with Crippen LogP contribution in [0.4, 0.5) is 10.7 Å². The molecule has 2 rings (SSSR count). The fraction of sp³-hybridized carbons (Fsp3) is 0.467. The average Bonchev–Trinajstić information content (AvgIpc) is 2.90. The maximum absolute atomic E-state index is 4.28. The third kappa shape index (κ3) is 3.48. The number of aryl methyl sites for hydroxylation is 1. The van der Waals surface area contributed by atoms with Crippen LogP contribution < -0.4 is 10.2 Å². The van der Waals surface area contributed by atoms with Gasteiger partial charge in [0.15, 0.2) is 0 Å². The van der Waals surface area contributed by atoms with E-state index in [-0.39, 0.29) is 0 Å². The molecule has 0 saturated carbocycles. The number of anilines is 2. The van der Waals surface area contributed by atoms with E-state index in [1.165, 1.54) is 22.8 Å². The number of aromatic nitrogens is 2. The molecule has 108 valence electrons. The van der Waals surface area contributed by atoms with Gasteiger partial charge in [-0.25, -0.2) is 0 Å². The van der Waals surface area contributed by atoms with Gasteiger partial charge in [0.05, 0.1) is 6.54 Å². The Morgan fingerprint density at radius 1 is 1.25 bits per heavy atom. The van der Waals surface area contributed by atoms with Crippen LogP contribution in [0.1, 0.15) is 31.5 Å². The molecule has 1 aromatic carbocycles. The van der Waals surface area contributed by atoms with E-state index in [0.29, 0.717) is 0 Å². The lowest BCUT2D eigenvalue weighted by Gasteiger charge is -2.24. The van der Waals surface area contributed by atoms with Crippen molar-refractivity contribution in [2.45, 2.75) is 33.7 Å². The van der Waals surface area contributed by atoms with Crippen molar-refractivity contribution >= 4 is 22.2 Å². The molecule has 4 nitrogen and oxygen atoms in total. The molecule has 1 N–H and O–H groups in total. The smallest absolute Gasteiger partial charge is 0.135 e. The fourth-order valence-electron chi connectivity index (χ4n) is 2.15. The highest BCUT2D eigenvalue weighted by molar-refractivity contribution is 7.10. The summed E-state index contributed by atoms with van der Waals surface area (Å²) in [7, 11) is 0. The van der Waals surface area contributed by atoms with E-state index in [1.54, 1.807) is 0 Å². The zero-order valence-electron chi connectivity index (χ0n) is 12.4. The molecule has 0 bridgehead atoms. The Labute approximate surface area is 125 Å². The number of nitrogens with one attached hydrogen (secondary N) is 1. The van der Waals surface area contributed by atoms with E-state index in [4.69, 9.17) is 0 Å². The average molecular weight is 290 g/mol. The molecule has 1 aromatic heterocycles. The van der Waals surface area contributed by atoms with Gasteiger partial charge in [-0.15, -0.1) is 5.10 Å². The van der Waals surface area contributed by atoms with E-state index < -0.39 is 0 Å². The molecule has 2 aromatic rings. The third-order valence-electron chi connectivity index (χ3n) is 3.27. The van der Waals surface area contributed by atoms with E-state index in [1.807, 2.05) is 0 Å². The van der Waals surface area contributed by atoms with Gasteiger partial charge in [0.25, 0.3) is 0 Å². The van der Waals surface area contributed by atoms with Gasteiger partial charge in [-0.1, -0.05) is 29.6 Å². The van der Waals surface area contributed by atoms with Crippen LogP contribution in [-0.4, -0.2) is 22.7 Å². The molecule has 0 spiro atoms. The summed E-state index contributed by atoms with van der Waals surface area (Å²) >= 11 is 1.44. The molecule has 0 unspecified atom stereocenters. The van der Waals surface area contributed by atoms with Gasteiger partial charge in [-0.3, -0.25) is 0 Å². The summed E-state index contributed by atoms with van der Waals surface area (Å²) in [6.07, 6.45) is 1.10. The molecule has 5 heteroatoms. The van der Waals surface area contributed by atoms with E-state index in [2.05, 4.69) is 64.8 Å². The number of nitrogens with zero attached hydrogens (tertiary/aromatic N) is 3. The number of para-hydroxylation sites is 1. The molecule has 0 amide bonds. The van der Waals surface area contributed by atoms with Gasteiger partial charge in [0.1, 0.15) is 10.7 Å². The molecule has 0 radical (unpaired) electrons. The highest BCUT2D eigenvalue weighted by Crippen LogP contribution is 2.24. The zero-order valence-corrected chi connectivity index (χ0v) is 13.2. The van der Waals surface area contributed by atoms with E-state index >= 15 is 0 Å². The number of benzene rings is 1. The SMILES string of the molecule is CCCNc1snnc1CN(CC)c1ccccc1C. The van der Waals surface area contributed by atoms with Crippen molar-refractivity contribution < 1.29 is 0 Å². The Bertz CT molecular complexity index is 538. The van der Waals surface area contributed by atoms with Crippen molar-refractivity contribution in [2.24, 2.45) is 0 Å². The largest absolute Gasteiger partial charge is 0.374 e. The lowest BCUT2D eigenvalue weighted by molar-refractivity contribution is 0.800. The molecule has 0 aliphatic rings. The number of hydrogen-bond acceptors (Lipinski definition) is 5. The molecule has 1 heterocycles. The summed E-state index contributed by atoms with van der Waals surface area (Å²) in [4.78, 5) is 2.34. The Morgan fingerprint density at radius 2 is 2.05 bits per heavy atom. The Kier molecular flexibility index (Phi) is 5.35. The fourth-order valence-corrected chi connectivity index (χ4v) is 2.75. The summed E-state index contributed by atoms with van der Waals surface area (Å²) in [5.41, 5.74) is 3.60. The molecule has 0 saturated heterocycles. The van der Waals surface area contributed by atoms with E-state index in [0.717, 1.165) is 36.8 Å². The molecular formula is C15H22N4S. The quantitative estimate of drug-likeness (QED) is 0.844. The molecule has 0 fully saturated rings. The van der Waals surface area contributed by atoms with Crippen LogP contribution in [0.25, 0.3) is 0 Å². The number of rotatable bonds is 7. The van der Waals surface area contributed by atoms with Gasteiger partial charge < -0.3 is 10.2 Å². The highest BCUT2D eigenvalue weighted by Gasteiger charge is 2.13. The minimum atomic E-state index is 0.796. The monoisotopic (exact) mass is 290 g/mol. The molecule has 0 aliphatic carbocycles. The molecular weight excluding hydrogens is 268 g/mol. The first-order valence-corrected chi connectivity index (χ1v) is 7.89. The Morgan fingerprint density at radius 3 is 2.75 bits per heavy atom. The summed E-state index contributed by atoms with van der Waals surface area (Å²) < 4.78 is 4.08. The topological polar surface area (TPSA) is 41.1 Å². The highest BCUT2D eigenvalue weighted by atomic mass is 32.1.